The monoisotopic (exact) mass is 346 g/mol. The van der Waals surface area contributed by atoms with Gasteiger partial charge in [0.1, 0.15) is 18.2 Å². The molecular formula is C18H26N4O3. The fraction of sp³-hybridized carbons (Fsp3) is 0.667. The lowest BCUT2D eigenvalue weighted by atomic mass is 9.76. The van der Waals surface area contributed by atoms with Crippen LogP contribution in [0.1, 0.15) is 51.5 Å². The Bertz CT molecular complexity index is 644. The van der Waals surface area contributed by atoms with Crippen LogP contribution >= 0.6 is 0 Å². The Balaban J connectivity index is 1.74. The predicted molar refractivity (Wildman–Crippen MR) is 93.4 cm³/mol. The molecule has 0 saturated carbocycles. The zero-order valence-corrected chi connectivity index (χ0v) is 15.1. The van der Waals surface area contributed by atoms with Crippen LogP contribution in [0.4, 0.5) is 5.82 Å². The van der Waals surface area contributed by atoms with Gasteiger partial charge >= 0.3 is 5.97 Å². The van der Waals surface area contributed by atoms with Crippen molar-refractivity contribution in [2.45, 2.75) is 52.0 Å². The Morgan fingerprint density at radius 1 is 1.32 bits per heavy atom. The molecule has 1 spiro atoms. The van der Waals surface area contributed by atoms with Gasteiger partial charge in [0.2, 0.25) is 5.91 Å². The van der Waals surface area contributed by atoms with E-state index in [0.29, 0.717) is 18.9 Å². The van der Waals surface area contributed by atoms with E-state index < -0.39 is 12.0 Å². The lowest BCUT2D eigenvalue weighted by Gasteiger charge is -2.40. The van der Waals surface area contributed by atoms with Crippen LogP contribution in [0.25, 0.3) is 0 Å². The van der Waals surface area contributed by atoms with E-state index in [1.807, 2.05) is 6.20 Å². The zero-order chi connectivity index (χ0) is 18.2. The van der Waals surface area contributed by atoms with Crippen LogP contribution in [0.3, 0.4) is 0 Å². The van der Waals surface area contributed by atoms with Crippen molar-refractivity contribution in [1.82, 2.24) is 14.9 Å². The minimum Gasteiger partial charge on any atom is -0.480 e. The van der Waals surface area contributed by atoms with Gasteiger partial charge in [-0.15, -0.1) is 0 Å². The number of carbonyl (C=O) groups is 2. The van der Waals surface area contributed by atoms with Crippen molar-refractivity contribution in [2.75, 3.05) is 24.5 Å². The lowest BCUT2D eigenvalue weighted by molar-refractivity contribution is -0.147. The highest BCUT2D eigenvalue weighted by Gasteiger charge is 2.49. The number of aliphatic carboxylic acids is 1. The van der Waals surface area contributed by atoms with Gasteiger partial charge in [0, 0.05) is 38.3 Å². The molecule has 0 unspecified atom stereocenters. The minimum absolute atomic E-state index is 0.0871. The molecule has 0 radical (unpaired) electrons. The fourth-order valence-electron chi connectivity index (χ4n) is 4.17. The fourth-order valence-corrected chi connectivity index (χ4v) is 4.17. The van der Waals surface area contributed by atoms with E-state index in [9.17, 15) is 14.7 Å². The van der Waals surface area contributed by atoms with Crippen molar-refractivity contribution >= 4 is 17.7 Å². The van der Waals surface area contributed by atoms with Crippen molar-refractivity contribution in [3.8, 4) is 0 Å². The Labute approximate surface area is 148 Å². The number of hydrogen-bond donors (Lipinski definition) is 1. The highest BCUT2D eigenvalue weighted by molar-refractivity contribution is 5.83. The van der Waals surface area contributed by atoms with Crippen LogP contribution in [0.2, 0.25) is 0 Å². The molecular weight excluding hydrogens is 320 g/mol. The largest absolute Gasteiger partial charge is 0.480 e. The van der Waals surface area contributed by atoms with Crippen molar-refractivity contribution in [3.63, 3.8) is 0 Å². The van der Waals surface area contributed by atoms with Gasteiger partial charge in [-0.1, -0.05) is 13.8 Å². The van der Waals surface area contributed by atoms with Gasteiger partial charge in [0.15, 0.2) is 0 Å². The van der Waals surface area contributed by atoms with Crippen molar-refractivity contribution in [1.29, 1.82) is 0 Å². The van der Waals surface area contributed by atoms with E-state index in [1.165, 1.54) is 11.8 Å². The SMILES string of the molecule is CC(=O)N1CC2(CCN(c3ncncc3C(C)C)CC2)C[C@@H]1C(=O)O. The Hall–Kier alpha value is -2.18. The Morgan fingerprint density at radius 3 is 2.52 bits per heavy atom. The standard InChI is InChI=1S/C18H26N4O3/c1-12(2)14-9-19-11-20-16(14)21-6-4-18(5-7-21)8-15(17(24)25)22(10-18)13(3)23/h9,11-12,15H,4-8,10H2,1-3H3,(H,24,25)/t15-/m1/s1. The number of hydrogen-bond acceptors (Lipinski definition) is 5. The number of carboxylic acid groups (broad SMARTS) is 1. The summed E-state index contributed by atoms with van der Waals surface area (Å²) in [7, 11) is 0. The summed E-state index contributed by atoms with van der Waals surface area (Å²) in [4.78, 5) is 35.8. The average molecular weight is 346 g/mol. The second kappa shape index (κ2) is 6.61. The third kappa shape index (κ3) is 3.32. The molecule has 7 nitrogen and oxygen atoms in total. The number of amides is 1. The van der Waals surface area contributed by atoms with Crippen LogP contribution in [0.15, 0.2) is 12.5 Å². The van der Waals surface area contributed by atoms with Gasteiger partial charge in [-0.2, -0.15) is 0 Å². The van der Waals surface area contributed by atoms with Gasteiger partial charge in [-0.25, -0.2) is 14.8 Å². The average Bonchev–Trinajstić information content (AvgIpc) is 2.95. The summed E-state index contributed by atoms with van der Waals surface area (Å²) < 4.78 is 0. The highest BCUT2D eigenvalue weighted by atomic mass is 16.4. The molecule has 3 heterocycles. The molecule has 2 aliphatic rings. The molecule has 7 heteroatoms. The first-order chi connectivity index (χ1) is 11.8. The van der Waals surface area contributed by atoms with Gasteiger partial charge in [0.25, 0.3) is 0 Å². The van der Waals surface area contributed by atoms with Crippen LogP contribution in [-0.4, -0.2) is 57.5 Å². The van der Waals surface area contributed by atoms with Crippen LogP contribution in [-0.2, 0) is 9.59 Å². The molecule has 1 aromatic rings. The summed E-state index contributed by atoms with van der Waals surface area (Å²) in [5.41, 5.74) is 1.05. The second-order valence-electron chi connectivity index (χ2n) is 7.65. The number of carboxylic acids is 1. The Morgan fingerprint density at radius 2 is 2.00 bits per heavy atom. The van der Waals surface area contributed by atoms with Gasteiger partial charge in [-0.3, -0.25) is 4.79 Å². The quantitative estimate of drug-likeness (QED) is 0.899. The minimum atomic E-state index is -0.896. The van der Waals surface area contributed by atoms with E-state index in [1.54, 1.807) is 6.33 Å². The van der Waals surface area contributed by atoms with Gasteiger partial charge < -0.3 is 14.9 Å². The second-order valence-corrected chi connectivity index (χ2v) is 7.65. The van der Waals surface area contributed by atoms with Crippen LogP contribution in [0.5, 0.6) is 0 Å². The molecule has 136 valence electrons. The van der Waals surface area contributed by atoms with Crippen molar-refractivity contribution < 1.29 is 14.7 Å². The number of likely N-dealkylation sites (tertiary alicyclic amines) is 1. The first kappa shape index (κ1) is 17.6. The third-order valence-corrected chi connectivity index (χ3v) is 5.66. The first-order valence-electron chi connectivity index (χ1n) is 8.88. The summed E-state index contributed by atoms with van der Waals surface area (Å²) in [5.74, 6) is 0.288. The normalized spacial score (nSPS) is 22.6. The summed E-state index contributed by atoms with van der Waals surface area (Å²) >= 11 is 0. The maximum Gasteiger partial charge on any atom is 0.326 e. The smallest absolute Gasteiger partial charge is 0.326 e. The van der Waals surface area contributed by atoms with E-state index in [4.69, 9.17) is 0 Å². The molecule has 1 N–H and O–H groups in total. The molecule has 2 saturated heterocycles. The summed E-state index contributed by atoms with van der Waals surface area (Å²) in [6.45, 7) is 7.93. The van der Waals surface area contributed by atoms with Crippen LogP contribution in [0, 0.1) is 5.41 Å². The number of anilines is 1. The number of nitrogens with zero attached hydrogens (tertiary/aromatic N) is 4. The number of aromatic nitrogens is 2. The molecule has 0 aromatic carbocycles. The number of piperidine rings is 1. The topological polar surface area (TPSA) is 86.6 Å². The maximum atomic E-state index is 11.8. The van der Waals surface area contributed by atoms with E-state index in [2.05, 4.69) is 28.7 Å². The van der Waals surface area contributed by atoms with E-state index >= 15 is 0 Å². The van der Waals surface area contributed by atoms with Gasteiger partial charge in [0.05, 0.1) is 0 Å². The van der Waals surface area contributed by atoms with E-state index in [0.717, 1.165) is 37.3 Å². The number of carbonyl (C=O) groups excluding carboxylic acids is 1. The summed E-state index contributed by atoms with van der Waals surface area (Å²) in [5, 5.41) is 9.45. The molecule has 2 fully saturated rings. The summed E-state index contributed by atoms with van der Waals surface area (Å²) in [6, 6.07) is -0.686. The molecule has 0 aliphatic carbocycles. The molecule has 1 amide bonds. The first-order valence-corrected chi connectivity index (χ1v) is 8.88. The van der Waals surface area contributed by atoms with Crippen LogP contribution < -0.4 is 4.90 Å². The third-order valence-electron chi connectivity index (χ3n) is 5.66. The molecule has 1 atom stereocenters. The van der Waals surface area contributed by atoms with Crippen molar-refractivity contribution in [3.05, 3.63) is 18.1 Å². The molecule has 25 heavy (non-hydrogen) atoms. The molecule has 1 aromatic heterocycles. The predicted octanol–water partition coefficient (Wildman–Crippen LogP) is 1.89. The van der Waals surface area contributed by atoms with E-state index in [-0.39, 0.29) is 11.3 Å². The number of rotatable bonds is 3. The molecule has 0 bridgehead atoms. The maximum absolute atomic E-state index is 11.8. The Kier molecular flexibility index (Phi) is 4.67. The lowest BCUT2D eigenvalue weighted by Crippen LogP contribution is -2.43. The summed E-state index contributed by atoms with van der Waals surface area (Å²) in [6.07, 6.45) is 5.77. The molecule has 3 rings (SSSR count). The highest BCUT2D eigenvalue weighted by Crippen LogP contribution is 2.44. The molecule has 2 aliphatic heterocycles. The van der Waals surface area contributed by atoms with Crippen molar-refractivity contribution in [2.24, 2.45) is 5.41 Å². The zero-order valence-electron chi connectivity index (χ0n) is 15.1. The van der Waals surface area contributed by atoms with Gasteiger partial charge in [-0.05, 0) is 30.6 Å².